The third kappa shape index (κ3) is 2.96. The summed E-state index contributed by atoms with van der Waals surface area (Å²) < 4.78 is 0. The van der Waals surface area contributed by atoms with Crippen molar-refractivity contribution in [1.29, 1.82) is 0 Å². The van der Waals surface area contributed by atoms with Crippen molar-refractivity contribution in [2.45, 2.75) is 38.1 Å². The van der Waals surface area contributed by atoms with Crippen molar-refractivity contribution >= 4 is 10.8 Å². The van der Waals surface area contributed by atoms with Gasteiger partial charge in [0.05, 0.1) is 0 Å². The maximum Gasteiger partial charge on any atom is 0.0253 e. The molecule has 0 radical (unpaired) electrons. The molecule has 3 rings (SSSR count). The van der Waals surface area contributed by atoms with Crippen LogP contribution in [0.5, 0.6) is 0 Å². The zero-order valence-electron chi connectivity index (χ0n) is 11.3. The number of hydrogen-bond acceptors (Lipinski definition) is 2. The second-order valence-electron chi connectivity index (χ2n) is 5.78. The van der Waals surface area contributed by atoms with E-state index >= 15 is 0 Å². The molecule has 2 aromatic carbocycles. The van der Waals surface area contributed by atoms with Gasteiger partial charge in [-0.05, 0) is 35.1 Å². The van der Waals surface area contributed by atoms with Gasteiger partial charge in [0.2, 0.25) is 0 Å². The molecule has 1 saturated carbocycles. The van der Waals surface area contributed by atoms with Gasteiger partial charge in [-0.3, -0.25) is 11.3 Å². The van der Waals surface area contributed by atoms with E-state index in [1.807, 2.05) is 0 Å². The van der Waals surface area contributed by atoms with E-state index in [-0.39, 0.29) is 0 Å². The Morgan fingerprint density at radius 2 is 1.89 bits per heavy atom. The Labute approximate surface area is 115 Å². The van der Waals surface area contributed by atoms with Crippen molar-refractivity contribution in [3.63, 3.8) is 0 Å². The highest BCUT2D eigenvalue weighted by molar-refractivity contribution is 5.82. The number of nitrogens with two attached hydrogens (primary N) is 1. The predicted octanol–water partition coefficient (Wildman–Crippen LogP) is 3.40. The van der Waals surface area contributed by atoms with Gasteiger partial charge in [0, 0.05) is 6.04 Å². The molecule has 0 saturated heterocycles. The van der Waals surface area contributed by atoms with E-state index in [2.05, 4.69) is 47.9 Å². The Morgan fingerprint density at radius 1 is 1.11 bits per heavy atom. The molecule has 1 atom stereocenters. The number of hydrazine groups is 1. The van der Waals surface area contributed by atoms with Crippen molar-refractivity contribution in [3.05, 3.63) is 48.0 Å². The minimum absolute atomic E-state index is 0.409. The lowest BCUT2D eigenvalue weighted by atomic mass is 9.80. The Bertz CT molecular complexity index is 546. The smallest absolute Gasteiger partial charge is 0.0253 e. The monoisotopic (exact) mass is 254 g/mol. The summed E-state index contributed by atoms with van der Waals surface area (Å²) in [5.41, 5.74) is 4.37. The van der Waals surface area contributed by atoms with Crippen LogP contribution in [0.1, 0.15) is 31.2 Å². The van der Waals surface area contributed by atoms with Crippen molar-refractivity contribution in [1.82, 2.24) is 5.43 Å². The van der Waals surface area contributed by atoms with Crippen LogP contribution in [0.4, 0.5) is 0 Å². The molecule has 1 aliphatic rings. The molecular weight excluding hydrogens is 232 g/mol. The first kappa shape index (κ1) is 12.6. The molecule has 1 unspecified atom stereocenters. The quantitative estimate of drug-likeness (QED) is 0.634. The molecule has 2 aromatic rings. The summed E-state index contributed by atoms with van der Waals surface area (Å²) in [6.07, 6.45) is 6.41. The molecule has 3 N–H and O–H groups in total. The van der Waals surface area contributed by atoms with Crippen molar-refractivity contribution < 1.29 is 0 Å². The first-order valence-corrected chi connectivity index (χ1v) is 7.29. The Balaban J connectivity index is 1.71. The van der Waals surface area contributed by atoms with Crippen LogP contribution in [0, 0.1) is 5.92 Å². The number of rotatable bonds is 5. The lowest BCUT2D eigenvalue weighted by Gasteiger charge is -2.29. The molecule has 0 heterocycles. The molecule has 0 spiro atoms. The zero-order chi connectivity index (χ0) is 13.1. The van der Waals surface area contributed by atoms with E-state index in [9.17, 15) is 0 Å². The van der Waals surface area contributed by atoms with Crippen LogP contribution in [0.3, 0.4) is 0 Å². The van der Waals surface area contributed by atoms with Crippen LogP contribution in [-0.4, -0.2) is 6.04 Å². The summed E-state index contributed by atoms with van der Waals surface area (Å²) in [6, 6.07) is 15.7. The van der Waals surface area contributed by atoms with Crippen molar-refractivity contribution in [2.75, 3.05) is 0 Å². The van der Waals surface area contributed by atoms with Crippen molar-refractivity contribution in [2.24, 2.45) is 11.8 Å². The van der Waals surface area contributed by atoms with Crippen molar-refractivity contribution in [3.8, 4) is 0 Å². The van der Waals surface area contributed by atoms with Crippen LogP contribution in [0.25, 0.3) is 10.8 Å². The highest BCUT2D eigenvalue weighted by atomic mass is 15.2. The SMILES string of the molecule is NNC(Cc1ccc2ccccc2c1)CC1CCC1. The van der Waals surface area contributed by atoms with Gasteiger partial charge in [-0.2, -0.15) is 0 Å². The Hall–Kier alpha value is -1.38. The summed E-state index contributed by atoms with van der Waals surface area (Å²) >= 11 is 0. The molecule has 0 aliphatic heterocycles. The van der Waals surface area contributed by atoms with Crippen LogP contribution in [0.2, 0.25) is 0 Å². The lowest BCUT2D eigenvalue weighted by molar-refractivity contribution is 0.259. The Kier molecular flexibility index (Phi) is 3.81. The largest absolute Gasteiger partial charge is 0.271 e. The molecule has 19 heavy (non-hydrogen) atoms. The Morgan fingerprint density at radius 3 is 2.58 bits per heavy atom. The second-order valence-corrected chi connectivity index (χ2v) is 5.78. The average Bonchev–Trinajstić information content (AvgIpc) is 2.41. The fourth-order valence-corrected chi connectivity index (χ4v) is 2.99. The minimum atomic E-state index is 0.409. The topological polar surface area (TPSA) is 38.0 Å². The maximum atomic E-state index is 5.71. The van der Waals surface area contributed by atoms with E-state index in [1.165, 1.54) is 42.0 Å². The second kappa shape index (κ2) is 5.72. The first-order chi connectivity index (χ1) is 9.35. The number of hydrogen-bond donors (Lipinski definition) is 2. The fourth-order valence-electron chi connectivity index (χ4n) is 2.99. The predicted molar refractivity (Wildman–Crippen MR) is 80.7 cm³/mol. The van der Waals surface area contributed by atoms with Gasteiger partial charge in [0.15, 0.2) is 0 Å². The van der Waals surface area contributed by atoms with Gasteiger partial charge >= 0.3 is 0 Å². The summed E-state index contributed by atoms with van der Waals surface area (Å²) in [5.74, 6) is 6.60. The molecule has 0 amide bonds. The normalized spacial score (nSPS) is 17.3. The van der Waals surface area contributed by atoms with E-state index in [0.717, 1.165) is 12.3 Å². The maximum absolute atomic E-state index is 5.71. The molecule has 2 heteroatoms. The highest BCUT2D eigenvalue weighted by Gasteiger charge is 2.21. The lowest BCUT2D eigenvalue weighted by Crippen LogP contribution is -2.39. The summed E-state index contributed by atoms with van der Waals surface area (Å²) in [5, 5.41) is 2.63. The summed E-state index contributed by atoms with van der Waals surface area (Å²) in [4.78, 5) is 0. The van der Waals surface area contributed by atoms with Gasteiger partial charge < -0.3 is 0 Å². The van der Waals surface area contributed by atoms with Gasteiger partial charge in [-0.15, -0.1) is 0 Å². The van der Waals surface area contributed by atoms with Crippen LogP contribution in [0.15, 0.2) is 42.5 Å². The van der Waals surface area contributed by atoms with Gasteiger partial charge in [0.1, 0.15) is 0 Å². The molecule has 0 bridgehead atoms. The number of benzene rings is 2. The van der Waals surface area contributed by atoms with Crippen LogP contribution in [-0.2, 0) is 6.42 Å². The van der Waals surface area contributed by atoms with Crippen LogP contribution >= 0.6 is 0 Å². The van der Waals surface area contributed by atoms with Gasteiger partial charge in [-0.25, -0.2) is 0 Å². The summed E-state index contributed by atoms with van der Waals surface area (Å²) in [7, 11) is 0. The standard InChI is InChI=1S/C17H22N2/c18-19-17(11-13-4-3-5-13)12-14-8-9-15-6-1-2-7-16(15)10-14/h1-2,6-10,13,17,19H,3-5,11-12,18H2. The van der Waals surface area contributed by atoms with E-state index < -0.39 is 0 Å². The number of fused-ring (bicyclic) bond motifs is 1. The summed E-state index contributed by atoms with van der Waals surface area (Å²) in [6.45, 7) is 0. The molecule has 2 nitrogen and oxygen atoms in total. The minimum Gasteiger partial charge on any atom is -0.271 e. The molecule has 100 valence electrons. The molecular formula is C17H22N2. The molecule has 0 aromatic heterocycles. The first-order valence-electron chi connectivity index (χ1n) is 7.29. The van der Waals surface area contributed by atoms with Gasteiger partial charge in [-0.1, -0.05) is 61.7 Å². The number of nitrogens with one attached hydrogen (secondary N) is 1. The average molecular weight is 254 g/mol. The molecule has 1 aliphatic carbocycles. The van der Waals surface area contributed by atoms with E-state index in [0.29, 0.717) is 6.04 Å². The van der Waals surface area contributed by atoms with E-state index in [1.54, 1.807) is 0 Å². The fraction of sp³-hybridized carbons (Fsp3) is 0.412. The zero-order valence-corrected chi connectivity index (χ0v) is 11.3. The van der Waals surface area contributed by atoms with E-state index in [4.69, 9.17) is 5.84 Å². The molecule has 1 fully saturated rings. The highest BCUT2D eigenvalue weighted by Crippen LogP contribution is 2.31. The third-order valence-electron chi connectivity index (χ3n) is 4.37. The van der Waals surface area contributed by atoms with Gasteiger partial charge in [0.25, 0.3) is 0 Å². The third-order valence-corrected chi connectivity index (χ3v) is 4.37. The van der Waals surface area contributed by atoms with Crippen LogP contribution < -0.4 is 11.3 Å².